The molecule has 0 N–H and O–H groups in total. The van der Waals surface area contributed by atoms with Crippen LogP contribution in [0.3, 0.4) is 0 Å². The van der Waals surface area contributed by atoms with Crippen molar-refractivity contribution in [2.45, 2.75) is 25.9 Å². The quantitative estimate of drug-likeness (QED) is 0.560. The zero-order valence-electron chi connectivity index (χ0n) is 15.7. The second kappa shape index (κ2) is 7.14. The molecule has 4 rings (SSSR count). The van der Waals surface area contributed by atoms with E-state index in [1.165, 1.54) is 19.2 Å². The molecule has 0 atom stereocenters. The fourth-order valence-electron chi connectivity index (χ4n) is 3.74. The number of nitro groups is 1. The van der Waals surface area contributed by atoms with E-state index in [1.807, 2.05) is 30.3 Å². The molecule has 28 heavy (non-hydrogen) atoms. The van der Waals surface area contributed by atoms with E-state index in [9.17, 15) is 14.9 Å². The monoisotopic (exact) mass is 382 g/mol. The Bertz CT molecular complexity index is 909. The number of carbonyl (C=O) groups is 1. The summed E-state index contributed by atoms with van der Waals surface area (Å²) in [4.78, 5) is 25.8. The van der Waals surface area contributed by atoms with E-state index in [1.54, 1.807) is 4.90 Å². The predicted molar refractivity (Wildman–Crippen MR) is 103 cm³/mol. The summed E-state index contributed by atoms with van der Waals surface area (Å²) in [5.74, 6) is 0.239. The lowest BCUT2D eigenvalue weighted by molar-refractivity contribution is -0.385. The molecule has 1 saturated heterocycles. The van der Waals surface area contributed by atoms with Gasteiger partial charge in [0.1, 0.15) is 12.2 Å². The van der Waals surface area contributed by atoms with Crippen molar-refractivity contribution in [3.05, 3.63) is 63.7 Å². The smallest absolute Gasteiger partial charge is 0.286 e. The SMILES string of the molecule is COc1cc(C(=O)N2CCC3(CC3)C2)c([N+](=O)[O-])cc1OCc1ccccc1. The summed E-state index contributed by atoms with van der Waals surface area (Å²) >= 11 is 0. The van der Waals surface area contributed by atoms with Gasteiger partial charge in [-0.15, -0.1) is 0 Å². The number of amides is 1. The molecule has 0 bridgehead atoms. The number of nitrogens with zero attached hydrogens (tertiary/aromatic N) is 2. The van der Waals surface area contributed by atoms with Gasteiger partial charge in [-0.05, 0) is 30.2 Å². The number of carbonyl (C=O) groups excluding carboxylic acids is 1. The maximum atomic E-state index is 13.0. The second-order valence-corrected chi connectivity index (χ2v) is 7.53. The van der Waals surface area contributed by atoms with Crippen molar-refractivity contribution in [2.24, 2.45) is 5.41 Å². The van der Waals surface area contributed by atoms with Crippen LogP contribution < -0.4 is 9.47 Å². The van der Waals surface area contributed by atoms with Crippen molar-refractivity contribution >= 4 is 11.6 Å². The van der Waals surface area contributed by atoms with E-state index in [0.29, 0.717) is 18.8 Å². The van der Waals surface area contributed by atoms with Crippen LogP contribution in [0.1, 0.15) is 35.2 Å². The second-order valence-electron chi connectivity index (χ2n) is 7.53. The molecule has 0 radical (unpaired) electrons. The van der Waals surface area contributed by atoms with Crippen molar-refractivity contribution in [3.63, 3.8) is 0 Å². The Kier molecular flexibility index (Phi) is 4.66. The van der Waals surface area contributed by atoms with Crippen LogP contribution in [0.25, 0.3) is 0 Å². The van der Waals surface area contributed by atoms with E-state index < -0.39 is 4.92 Å². The fourth-order valence-corrected chi connectivity index (χ4v) is 3.74. The van der Waals surface area contributed by atoms with Gasteiger partial charge in [0.15, 0.2) is 11.5 Å². The van der Waals surface area contributed by atoms with Crippen molar-refractivity contribution in [3.8, 4) is 11.5 Å². The van der Waals surface area contributed by atoms with Gasteiger partial charge in [0.25, 0.3) is 11.6 Å². The molecule has 0 aromatic heterocycles. The number of likely N-dealkylation sites (tertiary alicyclic amines) is 1. The lowest BCUT2D eigenvalue weighted by Gasteiger charge is -2.18. The van der Waals surface area contributed by atoms with Gasteiger partial charge < -0.3 is 14.4 Å². The molecular formula is C21H22N2O5. The van der Waals surface area contributed by atoms with Crippen LogP contribution in [0, 0.1) is 15.5 Å². The summed E-state index contributed by atoms with van der Waals surface area (Å²) < 4.78 is 11.1. The lowest BCUT2D eigenvalue weighted by Crippen LogP contribution is -2.29. The molecule has 1 amide bonds. The van der Waals surface area contributed by atoms with E-state index in [2.05, 4.69) is 0 Å². The molecule has 1 saturated carbocycles. The minimum Gasteiger partial charge on any atom is -0.493 e. The zero-order valence-corrected chi connectivity index (χ0v) is 15.7. The van der Waals surface area contributed by atoms with Crippen LogP contribution in [-0.2, 0) is 6.61 Å². The van der Waals surface area contributed by atoms with Crippen molar-refractivity contribution in [1.29, 1.82) is 0 Å². The van der Waals surface area contributed by atoms with Gasteiger partial charge in [-0.2, -0.15) is 0 Å². The van der Waals surface area contributed by atoms with E-state index >= 15 is 0 Å². The maximum absolute atomic E-state index is 13.0. The highest BCUT2D eigenvalue weighted by atomic mass is 16.6. The van der Waals surface area contributed by atoms with Crippen molar-refractivity contribution in [1.82, 2.24) is 4.90 Å². The molecule has 2 aromatic rings. The fraction of sp³-hybridized carbons (Fsp3) is 0.381. The summed E-state index contributed by atoms with van der Waals surface area (Å²) in [5.41, 5.74) is 0.976. The molecular weight excluding hydrogens is 360 g/mol. The topological polar surface area (TPSA) is 81.9 Å². The highest BCUT2D eigenvalue weighted by Gasteiger charge is 2.49. The molecule has 7 nitrogen and oxygen atoms in total. The normalized spacial score (nSPS) is 16.8. The number of rotatable bonds is 6. The number of methoxy groups -OCH3 is 1. The average Bonchev–Trinajstić information content (AvgIpc) is 3.34. The molecule has 146 valence electrons. The molecule has 2 fully saturated rings. The summed E-state index contributed by atoms with van der Waals surface area (Å²) in [6, 6.07) is 12.2. The Morgan fingerprint density at radius 2 is 1.93 bits per heavy atom. The van der Waals surface area contributed by atoms with Crippen LogP contribution in [0.2, 0.25) is 0 Å². The maximum Gasteiger partial charge on any atom is 0.286 e. The largest absolute Gasteiger partial charge is 0.493 e. The minimum atomic E-state index is -0.537. The van der Waals surface area contributed by atoms with Gasteiger partial charge in [-0.3, -0.25) is 14.9 Å². The first-order chi connectivity index (χ1) is 13.5. The van der Waals surface area contributed by atoms with Gasteiger partial charge >= 0.3 is 0 Å². The van der Waals surface area contributed by atoms with Crippen molar-refractivity contribution in [2.75, 3.05) is 20.2 Å². The number of ether oxygens (including phenoxy) is 2. The van der Waals surface area contributed by atoms with Crippen LogP contribution in [-0.4, -0.2) is 35.9 Å². The number of nitro benzene ring substituents is 1. The van der Waals surface area contributed by atoms with E-state index in [-0.39, 0.29) is 34.9 Å². The molecule has 1 heterocycles. The van der Waals surface area contributed by atoms with E-state index in [0.717, 1.165) is 24.8 Å². The third-order valence-electron chi connectivity index (χ3n) is 5.63. The predicted octanol–water partition coefficient (Wildman–Crippen LogP) is 3.81. The first-order valence-electron chi connectivity index (χ1n) is 9.34. The molecule has 2 aromatic carbocycles. The zero-order chi connectivity index (χ0) is 19.7. The van der Waals surface area contributed by atoms with Crippen LogP contribution >= 0.6 is 0 Å². The third-order valence-corrected chi connectivity index (χ3v) is 5.63. The van der Waals surface area contributed by atoms with Gasteiger partial charge in [-0.25, -0.2) is 0 Å². The Hall–Kier alpha value is -3.09. The number of hydrogen-bond acceptors (Lipinski definition) is 5. The third kappa shape index (κ3) is 3.52. The summed E-state index contributed by atoms with van der Waals surface area (Å²) in [7, 11) is 1.46. The molecule has 1 aliphatic carbocycles. The number of benzene rings is 2. The van der Waals surface area contributed by atoms with Gasteiger partial charge in [-0.1, -0.05) is 30.3 Å². The average molecular weight is 382 g/mol. The van der Waals surface area contributed by atoms with E-state index in [4.69, 9.17) is 9.47 Å². The van der Waals surface area contributed by atoms with Gasteiger partial charge in [0, 0.05) is 19.2 Å². The highest BCUT2D eigenvalue weighted by Crippen LogP contribution is 2.53. The molecule has 2 aliphatic rings. The van der Waals surface area contributed by atoms with Crippen molar-refractivity contribution < 1.29 is 19.2 Å². The summed E-state index contributed by atoms with van der Waals surface area (Å²) in [6.45, 7) is 1.57. The Labute approximate surface area is 163 Å². The van der Waals surface area contributed by atoms with Crippen LogP contribution in [0.15, 0.2) is 42.5 Å². The Balaban J connectivity index is 1.61. The molecule has 7 heteroatoms. The highest BCUT2D eigenvalue weighted by molar-refractivity contribution is 5.99. The summed E-state index contributed by atoms with van der Waals surface area (Å²) in [5, 5.41) is 11.6. The minimum absolute atomic E-state index is 0.0478. The van der Waals surface area contributed by atoms with Gasteiger partial charge in [0.2, 0.25) is 0 Å². The first kappa shape index (κ1) is 18.3. The first-order valence-corrected chi connectivity index (χ1v) is 9.34. The molecule has 1 aliphatic heterocycles. The van der Waals surface area contributed by atoms with Crippen LogP contribution in [0.4, 0.5) is 5.69 Å². The summed E-state index contributed by atoms with van der Waals surface area (Å²) in [6.07, 6.45) is 3.24. The van der Waals surface area contributed by atoms with Crippen LogP contribution in [0.5, 0.6) is 11.5 Å². The molecule has 0 unspecified atom stereocenters. The molecule has 1 spiro atoms. The Morgan fingerprint density at radius 3 is 2.54 bits per heavy atom. The number of hydrogen-bond donors (Lipinski definition) is 0. The lowest BCUT2D eigenvalue weighted by atomic mass is 10.1. The standard InChI is InChI=1S/C21H22N2O5/c1-27-18-11-16(20(24)22-10-9-21(14-22)7-8-21)17(23(25)26)12-19(18)28-13-15-5-3-2-4-6-15/h2-6,11-12H,7-10,13-14H2,1H3. The Morgan fingerprint density at radius 1 is 1.18 bits per heavy atom. The van der Waals surface area contributed by atoms with Gasteiger partial charge in [0.05, 0.1) is 18.1 Å².